The van der Waals surface area contributed by atoms with Crippen LogP contribution in [0.3, 0.4) is 0 Å². The average molecular weight is 437 g/mol. The van der Waals surface area contributed by atoms with E-state index < -0.39 is 23.6 Å². The number of carbonyl (C=O) groups is 3. The molecule has 0 aliphatic carbocycles. The van der Waals surface area contributed by atoms with Crippen LogP contribution in [0.5, 0.6) is 11.5 Å². The summed E-state index contributed by atoms with van der Waals surface area (Å²) < 4.78 is 10.4. The van der Waals surface area contributed by atoms with E-state index in [0.717, 1.165) is 16.7 Å². The molecular weight excluding hydrogens is 420 g/mol. The Balaban J connectivity index is 1.70. The molecular formula is C19H17ClN2O6S. The third kappa shape index (κ3) is 4.93. The van der Waals surface area contributed by atoms with E-state index in [0.29, 0.717) is 17.9 Å². The average Bonchev–Trinajstić information content (AvgIpc) is 3.28. The molecule has 0 spiro atoms. The summed E-state index contributed by atoms with van der Waals surface area (Å²) in [5, 5.41) is 12.0. The molecule has 10 heteroatoms. The van der Waals surface area contributed by atoms with Gasteiger partial charge in [-0.05, 0) is 54.6 Å². The number of hydrogen-bond acceptors (Lipinski definition) is 7. The summed E-state index contributed by atoms with van der Waals surface area (Å²) >= 11 is 6.71. The number of hydrogen-bond donors (Lipinski definition) is 2. The Bertz CT molecular complexity index is 973. The van der Waals surface area contributed by atoms with Crippen molar-refractivity contribution in [3.63, 3.8) is 0 Å². The molecule has 29 heavy (non-hydrogen) atoms. The van der Waals surface area contributed by atoms with Crippen molar-refractivity contribution in [3.05, 3.63) is 51.8 Å². The molecule has 152 valence electrons. The van der Waals surface area contributed by atoms with Gasteiger partial charge < -0.3 is 19.6 Å². The summed E-state index contributed by atoms with van der Waals surface area (Å²) in [7, 11) is 0. The molecule has 1 fully saturated rings. The first kappa shape index (κ1) is 20.8. The van der Waals surface area contributed by atoms with Gasteiger partial charge in [0.1, 0.15) is 12.3 Å². The van der Waals surface area contributed by atoms with Gasteiger partial charge in [0.05, 0.1) is 29.3 Å². The van der Waals surface area contributed by atoms with Gasteiger partial charge in [-0.15, -0.1) is 0 Å². The van der Waals surface area contributed by atoms with E-state index in [9.17, 15) is 19.5 Å². The minimum Gasteiger partial charge on any atom is -0.503 e. The number of rotatable bonds is 7. The first-order valence-electron chi connectivity index (χ1n) is 8.58. The normalized spacial score (nSPS) is 15.2. The smallest absolute Gasteiger partial charge is 0.294 e. The number of thioether (sulfide) groups is 1. The van der Waals surface area contributed by atoms with Gasteiger partial charge in [0.25, 0.3) is 11.1 Å². The zero-order valence-corrected chi connectivity index (χ0v) is 16.9. The summed E-state index contributed by atoms with van der Waals surface area (Å²) in [5.41, 5.74) is 0.476. The number of ether oxygens (including phenoxy) is 1. The molecule has 1 aromatic heterocycles. The van der Waals surface area contributed by atoms with E-state index >= 15 is 0 Å². The number of nitrogens with one attached hydrogen (secondary N) is 1. The Morgan fingerprint density at radius 2 is 2.21 bits per heavy atom. The van der Waals surface area contributed by atoms with Crippen molar-refractivity contribution < 1.29 is 28.6 Å². The molecule has 1 saturated heterocycles. The Kier molecular flexibility index (Phi) is 6.50. The second kappa shape index (κ2) is 9.06. The van der Waals surface area contributed by atoms with Crippen LogP contribution >= 0.6 is 23.4 Å². The number of imide groups is 1. The largest absolute Gasteiger partial charge is 0.503 e. The van der Waals surface area contributed by atoms with E-state index in [1.54, 1.807) is 19.1 Å². The molecule has 0 saturated carbocycles. The Labute approximate surface area is 175 Å². The van der Waals surface area contributed by atoms with Crippen molar-refractivity contribution in [2.24, 2.45) is 0 Å². The monoisotopic (exact) mass is 436 g/mol. The molecule has 0 bridgehead atoms. The van der Waals surface area contributed by atoms with Gasteiger partial charge in [-0.3, -0.25) is 19.3 Å². The van der Waals surface area contributed by atoms with Gasteiger partial charge in [0.15, 0.2) is 11.5 Å². The SMILES string of the molecule is CCOc1cc(/C=C2\SC(=O)N(CC(=O)NCc3ccco3)C2=O)cc(Cl)c1O. The first-order chi connectivity index (χ1) is 13.9. The summed E-state index contributed by atoms with van der Waals surface area (Å²) in [6.45, 7) is 1.83. The fourth-order valence-electron chi connectivity index (χ4n) is 2.53. The number of carbonyl (C=O) groups excluding carboxylic acids is 3. The summed E-state index contributed by atoms with van der Waals surface area (Å²) in [6.07, 6.45) is 2.94. The Hall–Kier alpha value is -2.91. The quantitative estimate of drug-likeness (QED) is 0.640. The van der Waals surface area contributed by atoms with Crippen LogP contribution in [0.15, 0.2) is 39.9 Å². The molecule has 3 amide bonds. The van der Waals surface area contributed by atoms with Crippen molar-refractivity contribution in [2.75, 3.05) is 13.2 Å². The van der Waals surface area contributed by atoms with Crippen molar-refractivity contribution in [1.29, 1.82) is 0 Å². The van der Waals surface area contributed by atoms with Gasteiger partial charge in [-0.25, -0.2) is 0 Å². The van der Waals surface area contributed by atoms with Crippen molar-refractivity contribution in [2.45, 2.75) is 13.5 Å². The Morgan fingerprint density at radius 1 is 1.41 bits per heavy atom. The minimum atomic E-state index is -0.588. The fraction of sp³-hybridized carbons (Fsp3) is 0.211. The van der Waals surface area contributed by atoms with Gasteiger partial charge >= 0.3 is 0 Å². The van der Waals surface area contributed by atoms with Gasteiger partial charge in [-0.2, -0.15) is 0 Å². The van der Waals surface area contributed by atoms with Crippen LogP contribution in [0, 0.1) is 0 Å². The maximum atomic E-state index is 12.6. The molecule has 3 rings (SSSR count). The highest BCUT2D eigenvalue weighted by Crippen LogP contribution is 2.38. The number of phenolic OH excluding ortho intramolecular Hbond substituents is 1. The van der Waals surface area contributed by atoms with Crippen LogP contribution in [0.25, 0.3) is 6.08 Å². The van der Waals surface area contributed by atoms with E-state index in [1.165, 1.54) is 24.5 Å². The topological polar surface area (TPSA) is 109 Å². The van der Waals surface area contributed by atoms with Gasteiger partial charge in [0.2, 0.25) is 5.91 Å². The molecule has 0 unspecified atom stereocenters. The standard InChI is InChI=1S/C19H17ClN2O6S/c1-2-27-14-7-11(6-13(20)17(14)24)8-15-18(25)22(19(26)29-15)10-16(23)21-9-12-4-3-5-28-12/h3-8,24H,2,9-10H2,1H3,(H,21,23)/b15-8-. The van der Waals surface area contributed by atoms with Crippen LogP contribution in [0.2, 0.25) is 5.02 Å². The maximum absolute atomic E-state index is 12.6. The van der Waals surface area contributed by atoms with Gasteiger partial charge in [-0.1, -0.05) is 11.6 Å². The van der Waals surface area contributed by atoms with Gasteiger partial charge in [0, 0.05) is 0 Å². The fourth-order valence-corrected chi connectivity index (χ4v) is 3.59. The third-order valence-electron chi connectivity index (χ3n) is 3.86. The van der Waals surface area contributed by atoms with E-state index in [4.69, 9.17) is 20.8 Å². The number of nitrogens with zero attached hydrogens (tertiary/aromatic N) is 1. The lowest BCUT2D eigenvalue weighted by Gasteiger charge is -2.12. The second-order valence-electron chi connectivity index (χ2n) is 5.91. The minimum absolute atomic E-state index is 0.0544. The highest BCUT2D eigenvalue weighted by atomic mass is 35.5. The van der Waals surface area contributed by atoms with Crippen molar-refractivity contribution in [3.8, 4) is 11.5 Å². The molecule has 1 aliphatic rings. The van der Waals surface area contributed by atoms with Crippen LogP contribution in [-0.4, -0.2) is 40.2 Å². The zero-order chi connectivity index (χ0) is 21.0. The predicted molar refractivity (Wildman–Crippen MR) is 108 cm³/mol. The molecule has 2 N–H and O–H groups in total. The number of halogens is 1. The lowest BCUT2D eigenvalue weighted by Crippen LogP contribution is -2.39. The van der Waals surface area contributed by atoms with Crippen LogP contribution < -0.4 is 10.1 Å². The molecule has 8 nitrogen and oxygen atoms in total. The Morgan fingerprint density at radius 3 is 2.90 bits per heavy atom. The first-order valence-corrected chi connectivity index (χ1v) is 9.78. The molecule has 2 heterocycles. The number of amides is 3. The molecule has 2 aromatic rings. The number of benzene rings is 1. The predicted octanol–water partition coefficient (Wildman–Crippen LogP) is 3.39. The van der Waals surface area contributed by atoms with E-state index in [2.05, 4.69) is 5.32 Å². The lowest BCUT2D eigenvalue weighted by molar-refractivity contribution is -0.129. The number of aromatic hydroxyl groups is 1. The van der Waals surface area contributed by atoms with Crippen molar-refractivity contribution >= 4 is 46.5 Å². The molecule has 1 aromatic carbocycles. The van der Waals surface area contributed by atoms with Crippen LogP contribution in [0.1, 0.15) is 18.2 Å². The molecule has 0 atom stereocenters. The molecule has 1 aliphatic heterocycles. The highest BCUT2D eigenvalue weighted by Gasteiger charge is 2.36. The van der Waals surface area contributed by atoms with Crippen molar-refractivity contribution in [1.82, 2.24) is 10.2 Å². The summed E-state index contributed by atoms with van der Waals surface area (Å²) in [6, 6.07) is 6.34. The second-order valence-corrected chi connectivity index (χ2v) is 7.31. The lowest BCUT2D eigenvalue weighted by atomic mass is 10.2. The van der Waals surface area contributed by atoms with E-state index in [-0.39, 0.29) is 28.0 Å². The van der Waals surface area contributed by atoms with Crippen LogP contribution in [-0.2, 0) is 16.1 Å². The van der Waals surface area contributed by atoms with E-state index in [1.807, 2.05) is 0 Å². The summed E-state index contributed by atoms with van der Waals surface area (Å²) in [4.78, 5) is 37.8. The maximum Gasteiger partial charge on any atom is 0.294 e. The number of phenols is 1. The number of furan rings is 1. The highest BCUT2D eigenvalue weighted by molar-refractivity contribution is 8.18. The third-order valence-corrected chi connectivity index (χ3v) is 5.06. The van der Waals surface area contributed by atoms with Crippen LogP contribution in [0.4, 0.5) is 4.79 Å². The molecule has 0 radical (unpaired) electrons. The zero-order valence-electron chi connectivity index (χ0n) is 15.3. The summed E-state index contributed by atoms with van der Waals surface area (Å²) in [5.74, 6) is -0.553.